The molecule has 7 heteroatoms. The molecule has 1 aromatic heterocycles. The monoisotopic (exact) mass is 345 g/mol. The zero-order valence-electron chi connectivity index (χ0n) is 13.4. The highest BCUT2D eigenvalue weighted by atomic mass is 32.1. The molecule has 6 nitrogen and oxygen atoms in total. The van der Waals surface area contributed by atoms with Crippen LogP contribution in [-0.4, -0.2) is 34.7 Å². The van der Waals surface area contributed by atoms with E-state index >= 15 is 0 Å². The number of nitrogens with one attached hydrogen (secondary N) is 1. The standard InChI is InChI=1S/C17H19N3O3S/c1-11(16(21)19-17-18-6-7-24-17)20(13-3-4-13)9-12-2-5-14-15(8-12)23-10-22-14/h2,5-8,11,13H,3-4,9-10H2,1H3,(H,18,19,21). The molecule has 2 aliphatic rings. The maximum absolute atomic E-state index is 12.5. The summed E-state index contributed by atoms with van der Waals surface area (Å²) in [6.45, 7) is 2.94. The highest BCUT2D eigenvalue weighted by molar-refractivity contribution is 7.13. The molecule has 126 valence electrons. The van der Waals surface area contributed by atoms with Crippen LogP contribution in [0.1, 0.15) is 25.3 Å². The van der Waals surface area contributed by atoms with Crippen LogP contribution in [0.3, 0.4) is 0 Å². The minimum absolute atomic E-state index is 0.0161. The summed E-state index contributed by atoms with van der Waals surface area (Å²) in [7, 11) is 0. The van der Waals surface area contributed by atoms with Crippen LogP contribution in [0.2, 0.25) is 0 Å². The Bertz CT molecular complexity index is 731. The summed E-state index contributed by atoms with van der Waals surface area (Å²) in [6, 6.07) is 6.22. The van der Waals surface area contributed by atoms with Crippen LogP contribution in [0.5, 0.6) is 11.5 Å². The number of rotatable bonds is 6. The number of aromatic nitrogens is 1. The fourth-order valence-corrected chi connectivity index (χ4v) is 3.42. The summed E-state index contributed by atoms with van der Waals surface area (Å²) < 4.78 is 10.8. The second-order valence-electron chi connectivity index (χ2n) is 6.09. The normalized spacial score (nSPS) is 17.1. The van der Waals surface area contributed by atoms with Crippen molar-refractivity contribution in [1.29, 1.82) is 0 Å². The van der Waals surface area contributed by atoms with E-state index in [0.29, 0.717) is 17.7 Å². The Morgan fingerprint density at radius 2 is 2.25 bits per heavy atom. The summed E-state index contributed by atoms with van der Waals surface area (Å²) in [5.41, 5.74) is 1.13. The first-order valence-corrected chi connectivity index (χ1v) is 8.93. The van der Waals surface area contributed by atoms with Gasteiger partial charge in [-0.25, -0.2) is 4.98 Å². The lowest BCUT2D eigenvalue weighted by atomic mass is 10.1. The Morgan fingerprint density at radius 1 is 1.42 bits per heavy atom. The van der Waals surface area contributed by atoms with Crippen molar-refractivity contribution in [2.24, 2.45) is 0 Å². The number of hydrogen-bond donors (Lipinski definition) is 1. The van der Waals surface area contributed by atoms with Crippen molar-refractivity contribution >= 4 is 22.4 Å². The molecule has 1 amide bonds. The molecule has 1 fully saturated rings. The van der Waals surface area contributed by atoms with E-state index in [1.165, 1.54) is 11.3 Å². The summed E-state index contributed by atoms with van der Waals surface area (Å²) in [5, 5.41) is 5.39. The number of nitrogens with zero attached hydrogens (tertiary/aromatic N) is 2. The van der Waals surface area contributed by atoms with Crippen LogP contribution < -0.4 is 14.8 Å². The molecule has 4 rings (SSSR count). The zero-order chi connectivity index (χ0) is 16.5. The van der Waals surface area contributed by atoms with E-state index in [9.17, 15) is 4.79 Å². The molecule has 2 heterocycles. The third-order valence-corrected chi connectivity index (χ3v) is 5.05. The number of fused-ring (bicyclic) bond motifs is 1. The topological polar surface area (TPSA) is 63.7 Å². The van der Waals surface area contributed by atoms with Gasteiger partial charge in [0.1, 0.15) is 0 Å². The third-order valence-electron chi connectivity index (χ3n) is 4.36. The van der Waals surface area contributed by atoms with Crippen molar-refractivity contribution in [3.05, 3.63) is 35.3 Å². The van der Waals surface area contributed by atoms with Gasteiger partial charge >= 0.3 is 0 Å². The van der Waals surface area contributed by atoms with Gasteiger partial charge in [0, 0.05) is 24.2 Å². The number of hydrogen-bond acceptors (Lipinski definition) is 6. The van der Waals surface area contributed by atoms with Gasteiger partial charge in [-0.2, -0.15) is 0 Å². The average Bonchev–Trinajstić information content (AvgIpc) is 3.09. The number of carbonyl (C=O) groups excluding carboxylic acids is 1. The molecule has 0 spiro atoms. The van der Waals surface area contributed by atoms with Crippen LogP contribution in [-0.2, 0) is 11.3 Å². The maximum Gasteiger partial charge on any atom is 0.243 e. The lowest BCUT2D eigenvalue weighted by Gasteiger charge is -2.28. The molecule has 1 aliphatic heterocycles. The first-order chi connectivity index (χ1) is 11.7. The van der Waals surface area contributed by atoms with Crippen molar-refractivity contribution in [2.45, 2.75) is 38.4 Å². The first kappa shape index (κ1) is 15.4. The van der Waals surface area contributed by atoms with E-state index in [0.717, 1.165) is 29.9 Å². The number of benzene rings is 1. The number of ether oxygens (including phenoxy) is 2. The highest BCUT2D eigenvalue weighted by Gasteiger charge is 2.35. The summed E-state index contributed by atoms with van der Waals surface area (Å²) >= 11 is 1.43. The molecule has 1 unspecified atom stereocenters. The van der Waals surface area contributed by atoms with Crippen LogP contribution >= 0.6 is 11.3 Å². The Hall–Kier alpha value is -2.12. The molecule has 2 aromatic rings. The molecular formula is C17H19N3O3S. The lowest BCUT2D eigenvalue weighted by Crippen LogP contribution is -2.42. The van der Waals surface area contributed by atoms with Gasteiger partial charge in [0.05, 0.1) is 6.04 Å². The van der Waals surface area contributed by atoms with E-state index in [-0.39, 0.29) is 18.7 Å². The number of carbonyl (C=O) groups is 1. The van der Waals surface area contributed by atoms with Gasteiger partial charge in [-0.15, -0.1) is 11.3 Å². The average molecular weight is 345 g/mol. The van der Waals surface area contributed by atoms with Crippen LogP contribution in [0, 0.1) is 0 Å². The summed E-state index contributed by atoms with van der Waals surface area (Å²) in [6.07, 6.45) is 3.97. The molecular weight excluding hydrogens is 326 g/mol. The van der Waals surface area contributed by atoms with E-state index in [1.807, 2.05) is 30.5 Å². The molecule has 1 atom stereocenters. The summed E-state index contributed by atoms with van der Waals surface area (Å²) in [5.74, 6) is 1.55. The third kappa shape index (κ3) is 3.22. The predicted molar refractivity (Wildman–Crippen MR) is 91.3 cm³/mol. The predicted octanol–water partition coefficient (Wildman–Crippen LogP) is 2.86. The molecule has 1 saturated carbocycles. The highest BCUT2D eigenvalue weighted by Crippen LogP contribution is 2.35. The number of anilines is 1. The van der Waals surface area contributed by atoms with Crippen molar-refractivity contribution in [3.8, 4) is 11.5 Å². The second-order valence-corrected chi connectivity index (χ2v) is 6.99. The van der Waals surface area contributed by atoms with Crippen LogP contribution in [0.15, 0.2) is 29.8 Å². The van der Waals surface area contributed by atoms with Crippen molar-refractivity contribution < 1.29 is 14.3 Å². The van der Waals surface area contributed by atoms with Crippen molar-refractivity contribution in [3.63, 3.8) is 0 Å². The van der Waals surface area contributed by atoms with E-state index in [2.05, 4.69) is 15.2 Å². The lowest BCUT2D eigenvalue weighted by molar-refractivity contribution is -0.121. The largest absolute Gasteiger partial charge is 0.454 e. The molecule has 24 heavy (non-hydrogen) atoms. The minimum atomic E-state index is -0.216. The Kier molecular flexibility index (Phi) is 4.12. The van der Waals surface area contributed by atoms with Gasteiger partial charge in [-0.3, -0.25) is 9.69 Å². The van der Waals surface area contributed by atoms with Gasteiger partial charge in [0.25, 0.3) is 0 Å². The van der Waals surface area contributed by atoms with Crippen LogP contribution in [0.4, 0.5) is 5.13 Å². The Labute approximate surface area is 144 Å². The molecule has 1 aliphatic carbocycles. The fourth-order valence-electron chi connectivity index (χ4n) is 2.88. The van der Waals surface area contributed by atoms with Gasteiger partial charge in [0.15, 0.2) is 16.6 Å². The quantitative estimate of drug-likeness (QED) is 0.872. The molecule has 0 bridgehead atoms. The van der Waals surface area contributed by atoms with E-state index < -0.39 is 0 Å². The maximum atomic E-state index is 12.5. The molecule has 0 saturated heterocycles. The summed E-state index contributed by atoms with van der Waals surface area (Å²) in [4.78, 5) is 18.9. The molecule has 0 radical (unpaired) electrons. The molecule has 1 aromatic carbocycles. The van der Waals surface area contributed by atoms with E-state index in [4.69, 9.17) is 9.47 Å². The van der Waals surface area contributed by atoms with Gasteiger partial charge in [0.2, 0.25) is 12.7 Å². The Morgan fingerprint density at radius 3 is 3.00 bits per heavy atom. The van der Waals surface area contributed by atoms with Crippen LogP contribution in [0.25, 0.3) is 0 Å². The SMILES string of the molecule is CC(C(=O)Nc1nccs1)N(Cc1ccc2c(c1)OCO2)C1CC1. The van der Waals surface area contributed by atoms with Crippen molar-refractivity contribution in [2.75, 3.05) is 12.1 Å². The fraction of sp³-hybridized carbons (Fsp3) is 0.412. The number of amides is 1. The molecule has 1 N–H and O–H groups in total. The van der Waals surface area contributed by atoms with Gasteiger partial charge < -0.3 is 14.8 Å². The van der Waals surface area contributed by atoms with Gasteiger partial charge in [-0.05, 0) is 37.5 Å². The zero-order valence-corrected chi connectivity index (χ0v) is 14.2. The minimum Gasteiger partial charge on any atom is -0.454 e. The van der Waals surface area contributed by atoms with E-state index in [1.54, 1.807) is 6.20 Å². The smallest absolute Gasteiger partial charge is 0.243 e. The van der Waals surface area contributed by atoms with Crippen molar-refractivity contribution in [1.82, 2.24) is 9.88 Å². The van der Waals surface area contributed by atoms with Gasteiger partial charge in [-0.1, -0.05) is 6.07 Å². The number of thiazole rings is 1. The Balaban J connectivity index is 1.46. The second kappa shape index (κ2) is 6.41. The first-order valence-electron chi connectivity index (χ1n) is 8.05.